The third-order valence-corrected chi connectivity index (χ3v) is 6.29. The Morgan fingerprint density at radius 2 is 1.67 bits per heavy atom. The summed E-state index contributed by atoms with van der Waals surface area (Å²) in [7, 11) is 1.63. The molecule has 2 atom stereocenters. The molecule has 33 heavy (non-hydrogen) atoms. The van der Waals surface area contributed by atoms with Crippen LogP contribution in [0.4, 0.5) is 0 Å². The summed E-state index contributed by atoms with van der Waals surface area (Å²) in [6.45, 7) is 3.92. The van der Waals surface area contributed by atoms with Crippen molar-refractivity contribution in [3.63, 3.8) is 0 Å². The minimum Gasteiger partial charge on any atom is -0.497 e. The number of piperidine rings is 1. The average Bonchev–Trinajstić information content (AvgIpc) is 3.25. The molecule has 0 bridgehead atoms. The molecule has 0 spiro atoms. The molecule has 1 aliphatic rings. The topological polar surface area (TPSA) is 79.1 Å². The Bertz CT molecular complexity index is 983. The lowest BCUT2D eigenvalue weighted by Crippen LogP contribution is -2.47. The minimum absolute atomic E-state index is 0.248. The molecule has 0 amide bonds. The number of hydrogen-bond donors (Lipinski definition) is 3. The quantitative estimate of drug-likeness (QED) is 0.414. The van der Waals surface area contributed by atoms with Gasteiger partial charge in [0.25, 0.3) is 0 Å². The number of nitrogens with zero attached hydrogens (tertiary/aromatic N) is 2. The Hall–Kier alpha value is -2.58. The van der Waals surface area contributed by atoms with Crippen LogP contribution in [0.2, 0.25) is 0 Å². The average molecular weight is 454 g/mol. The number of ether oxygens (including phenoxy) is 2. The van der Waals surface area contributed by atoms with Crippen LogP contribution in [0.5, 0.6) is 11.5 Å². The molecule has 7 heteroatoms. The molecular weight excluding hydrogens is 418 g/mol. The first kappa shape index (κ1) is 23.6. The molecule has 2 heterocycles. The number of aliphatic hydroxyl groups excluding tert-OH is 2. The highest BCUT2D eigenvalue weighted by atomic mass is 16.5. The summed E-state index contributed by atoms with van der Waals surface area (Å²) in [6, 6.07) is 18.1. The second-order valence-corrected chi connectivity index (χ2v) is 8.80. The number of benzene rings is 2. The number of fused-ring (bicyclic) bond motifs is 1. The largest absolute Gasteiger partial charge is 0.497 e. The number of nitrogens with one attached hydrogen (secondary N) is 1. The Morgan fingerprint density at radius 1 is 0.939 bits per heavy atom. The third-order valence-electron chi connectivity index (χ3n) is 6.29. The van der Waals surface area contributed by atoms with Gasteiger partial charge in [-0.1, -0.05) is 18.2 Å². The van der Waals surface area contributed by atoms with E-state index in [-0.39, 0.29) is 6.61 Å². The van der Waals surface area contributed by atoms with Crippen LogP contribution in [0.3, 0.4) is 0 Å². The molecule has 4 rings (SSSR count). The molecule has 2 aromatic carbocycles. The Labute approximate surface area is 195 Å². The maximum Gasteiger partial charge on any atom is 0.119 e. The molecule has 1 fully saturated rings. The molecule has 0 radical (unpaired) electrons. The summed E-state index contributed by atoms with van der Waals surface area (Å²) < 4.78 is 12.9. The van der Waals surface area contributed by atoms with Crippen molar-refractivity contribution in [2.24, 2.45) is 0 Å². The van der Waals surface area contributed by atoms with Crippen molar-refractivity contribution in [1.82, 2.24) is 14.8 Å². The summed E-state index contributed by atoms with van der Waals surface area (Å²) in [5.74, 6) is 1.50. The van der Waals surface area contributed by atoms with E-state index in [9.17, 15) is 10.2 Å². The first-order valence-electron chi connectivity index (χ1n) is 11.7. The fourth-order valence-corrected chi connectivity index (χ4v) is 4.43. The summed E-state index contributed by atoms with van der Waals surface area (Å²) in [4.78, 5) is 2.33. The SMILES string of the molecule is COc1ccc(OCC(O)CNC2CCN(CC(O)Cn3ccc4ccccc43)CC2)cc1. The molecule has 3 N–H and O–H groups in total. The van der Waals surface area contributed by atoms with Gasteiger partial charge in [-0.15, -0.1) is 0 Å². The van der Waals surface area contributed by atoms with Gasteiger partial charge in [-0.25, -0.2) is 0 Å². The molecule has 1 aromatic heterocycles. The molecule has 1 aliphatic heterocycles. The smallest absolute Gasteiger partial charge is 0.119 e. The minimum atomic E-state index is -0.566. The predicted molar refractivity (Wildman–Crippen MR) is 130 cm³/mol. The number of rotatable bonds is 11. The van der Waals surface area contributed by atoms with E-state index < -0.39 is 12.2 Å². The van der Waals surface area contributed by atoms with Crippen LogP contribution in [0, 0.1) is 0 Å². The van der Waals surface area contributed by atoms with E-state index >= 15 is 0 Å². The molecular formula is C26H35N3O4. The van der Waals surface area contributed by atoms with E-state index in [2.05, 4.69) is 33.0 Å². The van der Waals surface area contributed by atoms with E-state index in [0.29, 0.717) is 25.7 Å². The van der Waals surface area contributed by atoms with E-state index in [1.807, 2.05) is 42.6 Å². The van der Waals surface area contributed by atoms with Crippen LogP contribution >= 0.6 is 0 Å². The number of likely N-dealkylation sites (tertiary alicyclic amines) is 1. The molecule has 1 saturated heterocycles. The number of methoxy groups -OCH3 is 1. The van der Waals surface area contributed by atoms with Gasteiger partial charge in [0.2, 0.25) is 0 Å². The van der Waals surface area contributed by atoms with Gasteiger partial charge in [0, 0.05) is 37.4 Å². The number of β-amino-alcohol motifs (C(OH)–C–C–N with tert-alkyl or cyclic N) is 1. The number of aromatic nitrogens is 1. The highest BCUT2D eigenvalue weighted by Gasteiger charge is 2.21. The van der Waals surface area contributed by atoms with Gasteiger partial charge >= 0.3 is 0 Å². The first-order valence-corrected chi connectivity index (χ1v) is 11.7. The summed E-state index contributed by atoms with van der Waals surface area (Å²) >= 11 is 0. The predicted octanol–water partition coefficient (Wildman–Crippen LogP) is 2.50. The number of hydrogen-bond acceptors (Lipinski definition) is 6. The highest BCUT2D eigenvalue weighted by molar-refractivity contribution is 5.79. The lowest BCUT2D eigenvalue weighted by atomic mass is 10.0. The van der Waals surface area contributed by atoms with Crippen molar-refractivity contribution < 1.29 is 19.7 Å². The molecule has 0 aliphatic carbocycles. The van der Waals surface area contributed by atoms with E-state index in [4.69, 9.17) is 9.47 Å². The zero-order chi connectivity index (χ0) is 23.0. The normalized spacial score (nSPS) is 17.2. The molecule has 3 aromatic rings. The van der Waals surface area contributed by atoms with Gasteiger partial charge in [-0.2, -0.15) is 0 Å². The van der Waals surface area contributed by atoms with Crippen LogP contribution in [-0.4, -0.2) is 77.8 Å². The van der Waals surface area contributed by atoms with Gasteiger partial charge in [0.05, 0.1) is 13.2 Å². The molecule has 2 unspecified atom stereocenters. The maximum atomic E-state index is 10.6. The zero-order valence-electron chi connectivity index (χ0n) is 19.3. The van der Waals surface area contributed by atoms with Gasteiger partial charge in [0.15, 0.2) is 0 Å². The second kappa shape index (κ2) is 11.5. The molecule has 7 nitrogen and oxygen atoms in total. The third kappa shape index (κ3) is 6.71. The van der Waals surface area contributed by atoms with Gasteiger partial charge in [-0.3, -0.25) is 0 Å². The summed E-state index contributed by atoms with van der Waals surface area (Å²) in [5, 5.41) is 25.5. The van der Waals surface area contributed by atoms with Crippen molar-refractivity contribution in [3.05, 3.63) is 60.8 Å². The maximum absolute atomic E-state index is 10.6. The van der Waals surface area contributed by atoms with Gasteiger partial charge in [-0.05, 0) is 67.7 Å². The van der Waals surface area contributed by atoms with Crippen molar-refractivity contribution in [3.8, 4) is 11.5 Å². The first-order chi connectivity index (χ1) is 16.1. The van der Waals surface area contributed by atoms with Crippen molar-refractivity contribution in [2.75, 3.05) is 39.9 Å². The van der Waals surface area contributed by atoms with Crippen molar-refractivity contribution >= 4 is 10.9 Å². The van der Waals surface area contributed by atoms with E-state index in [1.165, 1.54) is 5.39 Å². The molecule has 0 saturated carbocycles. The van der Waals surface area contributed by atoms with Gasteiger partial charge in [0.1, 0.15) is 24.2 Å². The van der Waals surface area contributed by atoms with E-state index in [1.54, 1.807) is 7.11 Å². The van der Waals surface area contributed by atoms with Crippen LogP contribution in [0.25, 0.3) is 10.9 Å². The standard InChI is InChI=1S/C26H35N3O4/c1-32-24-6-8-25(9-7-24)33-19-22(30)16-27-21-11-13-28(14-12-21)17-23(31)18-29-15-10-20-4-2-3-5-26(20)29/h2-10,15,21-23,27,30-31H,11-14,16-19H2,1H3. The van der Waals surface area contributed by atoms with Crippen LogP contribution in [0.1, 0.15) is 12.8 Å². The van der Waals surface area contributed by atoms with Crippen LogP contribution < -0.4 is 14.8 Å². The Balaban J connectivity index is 1.12. The summed E-state index contributed by atoms with van der Waals surface area (Å²) in [5.41, 5.74) is 1.16. The highest BCUT2D eigenvalue weighted by Crippen LogP contribution is 2.18. The monoisotopic (exact) mass is 453 g/mol. The van der Waals surface area contributed by atoms with Crippen LogP contribution in [-0.2, 0) is 6.54 Å². The number of aliphatic hydroxyl groups is 2. The van der Waals surface area contributed by atoms with Crippen molar-refractivity contribution in [1.29, 1.82) is 0 Å². The Kier molecular flexibility index (Phi) is 8.23. The van der Waals surface area contributed by atoms with E-state index in [0.717, 1.165) is 42.9 Å². The van der Waals surface area contributed by atoms with Gasteiger partial charge < -0.3 is 34.5 Å². The lowest BCUT2D eigenvalue weighted by Gasteiger charge is -2.34. The molecule has 178 valence electrons. The fourth-order valence-electron chi connectivity index (χ4n) is 4.43. The summed E-state index contributed by atoms with van der Waals surface area (Å²) in [6.07, 6.45) is 3.09. The Morgan fingerprint density at radius 3 is 2.42 bits per heavy atom. The lowest BCUT2D eigenvalue weighted by molar-refractivity contribution is 0.0765. The van der Waals surface area contributed by atoms with Crippen LogP contribution in [0.15, 0.2) is 60.8 Å². The zero-order valence-corrected chi connectivity index (χ0v) is 19.3. The fraction of sp³-hybridized carbons (Fsp3) is 0.462. The number of para-hydroxylation sites is 1. The van der Waals surface area contributed by atoms with Crippen molar-refractivity contribution in [2.45, 2.75) is 37.6 Å². The second-order valence-electron chi connectivity index (χ2n) is 8.80.